The molecule has 67 heavy (non-hydrogen) atoms. The van der Waals surface area contributed by atoms with Gasteiger partial charge in [-0.15, -0.1) is 0 Å². The molecule has 0 radical (unpaired) electrons. The van der Waals surface area contributed by atoms with Crippen LogP contribution >= 0.6 is 0 Å². The van der Waals surface area contributed by atoms with Crippen molar-refractivity contribution in [1.82, 2.24) is 5.32 Å². The van der Waals surface area contributed by atoms with E-state index in [0.717, 1.165) is 28.7 Å². The molecule has 0 aliphatic heterocycles. The van der Waals surface area contributed by atoms with Gasteiger partial charge in [-0.1, -0.05) is 127 Å². The molecule has 8 rings (SSSR count). The monoisotopic (exact) mass is 896 g/mol. The summed E-state index contributed by atoms with van der Waals surface area (Å²) in [5.41, 5.74) is 10.2. The van der Waals surface area contributed by atoms with Crippen LogP contribution in [0.3, 0.4) is 0 Å². The molecule has 0 bridgehead atoms. The van der Waals surface area contributed by atoms with Crippen molar-refractivity contribution in [2.24, 2.45) is 5.73 Å². The normalized spacial score (nSPS) is 14.1. The fourth-order valence-corrected chi connectivity index (χ4v) is 7.77. The summed E-state index contributed by atoms with van der Waals surface area (Å²) in [5, 5.41) is 3.08. The Morgan fingerprint density at radius 2 is 0.955 bits per heavy atom. The third-order valence-electron chi connectivity index (χ3n) is 11.2. The van der Waals surface area contributed by atoms with Gasteiger partial charge in [0.05, 0.1) is 11.6 Å². The van der Waals surface area contributed by atoms with Crippen LogP contribution in [-0.4, -0.2) is 43.0 Å². The first-order chi connectivity index (χ1) is 32.9. The van der Waals surface area contributed by atoms with Gasteiger partial charge in [0, 0.05) is 12.1 Å². The second-order valence-corrected chi connectivity index (χ2v) is 16.0. The molecule has 2 atom stereocenters. The number of carbonyl (C=O) groups excluding carboxylic acids is 3. The van der Waals surface area contributed by atoms with E-state index in [1.807, 2.05) is 121 Å². The SMILES string of the molecule is NCCOc1cccc(OCc2ccccc2)c1C(=O)c1c(OCc2ccccc2)cc(C(=O)O[C@@H]2CCC[C@H]2NC(=O)c2ccc(OCc3ccccc3)cc2)cc1OCc1ccccc1. The number of hydrogen-bond donors (Lipinski definition) is 2. The van der Waals surface area contributed by atoms with Crippen molar-refractivity contribution in [2.45, 2.75) is 57.8 Å². The Hall–Kier alpha value is -7.89. The molecule has 0 heterocycles. The number of ether oxygens (including phenoxy) is 6. The number of nitrogens with one attached hydrogen (secondary N) is 1. The highest BCUT2D eigenvalue weighted by atomic mass is 16.5. The summed E-state index contributed by atoms with van der Waals surface area (Å²) < 4.78 is 37.5. The third kappa shape index (κ3) is 12.3. The quantitative estimate of drug-likeness (QED) is 0.0528. The molecule has 0 spiro atoms. The maximum Gasteiger partial charge on any atom is 0.338 e. The minimum absolute atomic E-state index is 0.0549. The van der Waals surface area contributed by atoms with E-state index in [-0.39, 0.29) is 78.6 Å². The number of rotatable bonds is 21. The zero-order chi connectivity index (χ0) is 46.2. The molecule has 7 aromatic carbocycles. The Morgan fingerprint density at radius 1 is 0.493 bits per heavy atom. The van der Waals surface area contributed by atoms with Crippen molar-refractivity contribution in [2.75, 3.05) is 13.2 Å². The number of ketones is 1. The van der Waals surface area contributed by atoms with Gasteiger partial charge in [0.15, 0.2) is 0 Å². The van der Waals surface area contributed by atoms with Crippen LogP contribution in [-0.2, 0) is 31.2 Å². The summed E-state index contributed by atoms with van der Waals surface area (Å²) in [6.45, 7) is 1.07. The molecule has 340 valence electrons. The fraction of sp³-hybridized carbons (Fsp3) is 0.196. The highest BCUT2D eigenvalue weighted by Crippen LogP contribution is 2.40. The van der Waals surface area contributed by atoms with E-state index in [1.165, 1.54) is 12.1 Å². The molecular weight excluding hydrogens is 845 g/mol. The van der Waals surface area contributed by atoms with Gasteiger partial charge < -0.3 is 39.5 Å². The molecule has 0 unspecified atom stereocenters. The molecule has 1 aliphatic rings. The number of amides is 1. The van der Waals surface area contributed by atoms with Gasteiger partial charge in [-0.2, -0.15) is 0 Å². The lowest BCUT2D eigenvalue weighted by Crippen LogP contribution is -2.42. The molecular formula is C56H52N2O9. The van der Waals surface area contributed by atoms with Crippen LogP contribution in [0.2, 0.25) is 0 Å². The van der Waals surface area contributed by atoms with E-state index in [2.05, 4.69) is 5.32 Å². The van der Waals surface area contributed by atoms with Crippen molar-refractivity contribution in [3.05, 3.63) is 220 Å². The van der Waals surface area contributed by atoms with Crippen LogP contribution in [0.5, 0.6) is 28.7 Å². The van der Waals surface area contributed by atoms with Gasteiger partial charge in [0.25, 0.3) is 5.91 Å². The van der Waals surface area contributed by atoms with Crippen LogP contribution in [0, 0.1) is 0 Å². The van der Waals surface area contributed by atoms with Crippen molar-refractivity contribution >= 4 is 17.7 Å². The Kier molecular flexibility index (Phi) is 15.6. The van der Waals surface area contributed by atoms with Crippen molar-refractivity contribution < 1.29 is 42.8 Å². The first kappa shape index (κ1) is 45.7. The van der Waals surface area contributed by atoms with Crippen LogP contribution in [0.1, 0.15) is 78.2 Å². The summed E-state index contributed by atoms with van der Waals surface area (Å²) in [6, 6.07) is 53.1. The van der Waals surface area contributed by atoms with Crippen LogP contribution in [0.25, 0.3) is 0 Å². The number of hydrogen-bond acceptors (Lipinski definition) is 10. The summed E-state index contributed by atoms with van der Waals surface area (Å²) in [7, 11) is 0. The largest absolute Gasteiger partial charge is 0.491 e. The van der Waals surface area contributed by atoms with Gasteiger partial charge in [-0.3, -0.25) is 9.59 Å². The van der Waals surface area contributed by atoms with Gasteiger partial charge in [-0.25, -0.2) is 4.79 Å². The second-order valence-electron chi connectivity index (χ2n) is 16.0. The van der Waals surface area contributed by atoms with E-state index >= 15 is 4.79 Å². The van der Waals surface area contributed by atoms with Gasteiger partial charge >= 0.3 is 5.97 Å². The smallest absolute Gasteiger partial charge is 0.338 e. The first-order valence-electron chi connectivity index (χ1n) is 22.4. The topological polar surface area (TPSA) is 145 Å². The lowest BCUT2D eigenvalue weighted by Gasteiger charge is -2.23. The lowest BCUT2D eigenvalue weighted by atomic mass is 9.97. The van der Waals surface area contributed by atoms with Crippen LogP contribution in [0.15, 0.2) is 176 Å². The van der Waals surface area contributed by atoms with Gasteiger partial charge in [-0.05, 0) is 90.0 Å². The summed E-state index contributed by atoms with van der Waals surface area (Å²) in [5.74, 6) is -0.134. The highest BCUT2D eigenvalue weighted by Gasteiger charge is 2.34. The lowest BCUT2D eigenvalue weighted by molar-refractivity contribution is 0.0249. The summed E-state index contributed by atoms with van der Waals surface area (Å²) >= 11 is 0. The average Bonchev–Trinajstić information content (AvgIpc) is 3.81. The molecule has 1 fully saturated rings. The standard InChI is InChI=1S/C56H52N2O9/c57-31-32-62-48-25-14-26-49(64-36-40-17-7-2-8-18-40)52(48)54(59)53-50(65-37-41-19-9-3-10-20-41)33-44(34-51(53)66-38-42-21-11-4-12-22-42)56(61)67-47-24-13-23-46(47)58-55(60)43-27-29-45(30-28-43)63-35-39-15-5-1-6-16-39/h1-12,14-22,25-30,33-34,46-47H,13,23-24,31-32,35-38,57H2,(H,58,60)/t46-,47-/m1/s1. The second kappa shape index (κ2) is 22.8. The van der Waals surface area contributed by atoms with E-state index < -0.39 is 23.9 Å². The number of nitrogens with two attached hydrogens (primary N) is 1. The number of carbonyl (C=O) groups is 3. The predicted molar refractivity (Wildman–Crippen MR) is 255 cm³/mol. The van der Waals surface area contributed by atoms with Crippen molar-refractivity contribution in [3.8, 4) is 28.7 Å². The van der Waals surface area contributed by atoms with Gasteiger partial charge in [0.1, 0.15) is 79.0 Å². The number of esters is 1. The van der Waals surface area contributed by atoms with Crippen LogP contribution in [0.4, 0.5) is 0 Å². The minimum atomic E-state index is -0.669. The Bertz CT molecular complexity index is 2650. The van der Waals surface area contributed by atoms with E-state index in [4.69, 9.17) is 34.2 Å². The predicted octanol–water partition coefficient (Wildman–Crippen LogP) is 10.1. The fourth-order valence-electron chi connectivity index (χ4n) is 7.77. The first-order valence-corrected chi connectivity index (χ1v) is 22.4. The maximum absolute atomic E-state index is 15.3. The van der Waals surface area contributed by atoms with Gasteiger partial charge in [0.2, 0.25) is 5.78 Å². The molecule has 11 nitrogen and oxygen atoms in total. The molecule has 1 saturated carbocycles. The van der Waals surface area contributed by atoms with Crippen molar-refractivity contribution in [3.63, 3.8) is 0 Å². The van der Waals surface area contributed by atoms with Crippen molar-refractivity contribution in [1.29, 1.82) is 0 Å². The zero-order valence-corrected chi connectivity index (χ0v) is 37.0. The molecule has 0 aromatic heterocycles. The van der Waals surface area contributed by atoms with E-state index in [0.29, 0.717) is 30.8 Å². The number of benzene rings is 7. The molecule has 11 heteroatoms. The maximum atomic E-state index is 15.3. The third-order valence-corrected chi connectivity index (χ3v) is 11.2. The average molecular weight is 897 g/mol. The zero-order valence-electron chi connectivity index (χ0n) is 37.0. The Balaban J connectivity index is 1.09. The van der Waals surface area contributed by atoms with Crippen LogP contribution < -0.4 is 34.7 Å². The molecule has 7 aromatic rings. The summed E-state index contributed by atoms with van der Waals surface area (Å²) in [4.78, 5) is 43.2. The Labute approximate surface area is 390 Å². The van der Waals surface area contributed by atoms with E-state index in [9.17, 15) is 9.59 Å². The van der Waals surface area contributed by atoms with E-state index in [1.54, 1.807) is 42.5 Å². The molecule has 3 N–H and O–H groups in total. The Morgan fingerprint density at radius 3 is 1.46 bits per heavy atom. The minimum Gasteiger partial charge on any atom is -0.491 e. The molecule has 0 saturated heterocycles. The summed E-state index contributed by atoms with van der Waals surface area (Å²) in [6.07, 6.45) is 1.27. The highest BCUT2D eigenvalue weighted by molar-refractivity contribution is 6.16. The molecule has 1 aliphatic carbocycles. The molecule has 1 amide bonds.